The van der Waals surface area contributed by atoms with Gasteiger partial charge in [-0.1, -0.05) is 11.3 Å². The second-order valence-corrected chi connectivity index (χ2v) is 9.68. The summed E-state index contributed by atoms with van der Waals surface area (Å²) < 4.78 is 41.7. The van der Waals surface area contributed by atoms with Crippen LogP contribution in [0.25, 0.3) is 0 Å². The molecular formula is C25H35F3N6O4. The van der Waals surface area contributed by atoms with Crippen LogP contribution in [0.4, 0.5) is 18.9 Å². The summed E-state index contributed by atoms with van der Waals surface area (Å²) in [6.45, 7) is 5.68. The van der Waals surface area contributed by atoms with Gasteiger partial charge < -0.3 is 0 Å². The number of hydroxylamine groups is 1. The highest BCUT2D eigenvalue weighted by Gasteiger charge is 2.38. The molecule has 1 aromatic carbocycles. The minimum absolute atomic E-state index is 0.00282. The Morgan fingerprint density at radius 3 is 2.50 bits per heavy atom. The molecule has 0 unspecified atom stereocenters. The van der Waals surface area contributed by atoms with Gasteiger partial charge in [0.05, 0.1) is 22.5 Å². The molecule has 10 nitrogen and oxygen atoms in total. The average Bonchev–Trinajstić information content (AvgIpc) is 3.32. The van der Waals surface area contributed by atoms with E-state index in [1.165, 1.54) is 19.1 Å². The Balaban J connectivity index is 1.89. The maximum absolute atomic E-state index is 13.3. The predicted octanol–water partition coefficient (Wildman–Crippen LogP) is 3.50. The van der Waals surface area contributed by atoms with E-state index in [9.17, 15) is 27.6 Å². The quantitative estimate of drug-likeness (QED) is 0.163. The minimum Gasteiger partial charge on any atom is -0.293 e. The number of halogens is 3. The molecule has 38 heavy (non-hydrogen) atoms. The van der Waals surface area contributed by atoms with Crippen molar-refractivity contribution in [1.82, 2.24) is 25.4 Å². The topological polar surface area (TPSA) is 121 Å². The highest BCUT2D eigenvalue weighted by atomic mass is 19.4. The molecule has 0 spiro atoms. The number of alkyl halides is 3. The molecule has 0 atom stereocenters. The normalized spacial score (nSPS) is 12.0. The fraction of sp³-hybridized carbons (Fsp3) is 0.560. The van der Waals surface area contributed by atoms with Crippen molar-refractivity contribution in [2.24, 2.45) is 0 Å². The highest BCUT2D eigenvalue weighted by Crippen LogP contribution is 2.34. The number of rotatable bonds is 14. The zero-order valence-electron chi connectivity index (χ0n) is 22.1. The lowest BCUT2D eigenvalue weighted by molar-refractivity contribution is -0.138. The van der Waals surface area contributed by atoms with Crippen LogP contribution >= 0.6 is 0 Å². The number of aromatic nitrogens is 3. The number of carbonyl (C=O) groups excluding carboxylic acids is 3. The summed E-state index contributed by atoms with van der Waals surface area (Å²) in [5, 5.41) is 16.7. The van der Waals surface area contributed by atoms with Crippen molar-refractivity contribution >= 4 is 23.9 Å². The lowest BCUT2D eigenvalue weighted by atomic mass is 9.99. The van der Waals surface area contributed by atoms with Gasteiger partial charge in [-0.25, -0.2) is 5.48 Å². The first-order chi connectivity index (χ1) is 17.8. The Bertz CT molecular complexity index is 1100. The summed E-state index contributed by atoms with van der Waals surface area (Å²) >= 11 is 0. The van der Waals surface area contributed by atoms with Crippen LogP contribution in [0.5, 0.6) is 0 Å². The van der Waals surface area contributed by atoms with Gasteiger partial charge in [-0.05, 0) is 84.2 Å². The van der Waals surface area contributed by atoms with E-state index >= 15 is 0 Å². The third-order valence-corrected chi connectivity index (χ3v) is 6.53. The number of imide groups is 1. The van der Waals surface area contributed by atoms with E-state index in [1.807, 2.05) is 6.20 Å². The number of nitrogens with one attached hydrogen (secondary N) is 1. The van der Waals surface area contributed by atoms with Gasteiger partial charge in [0.25, 0.3) is 5.91 Å². The number of amides is 3. The number of carbonyl (C=O) groups is 3. The summed E-state index contributed by atoms with van der Waals surface area (Å²) in [5.41, 5.74) is 0.220. The van der Waals surface area contributed by atoms with Crippen LogP contribution < -0.4 is 10.4 Å². The van der Waals surface area contributed by atoms with E-state index in [0.29, 0.717) is 38.8 Å². The molecule has 2 N–H and O–H groups in total. The highest BCUT2D eigenvalue weighted by molar-refractivity contribution is 6.11. The van der Waals surface area contributed by atoms with Crippen LogP contribution in [0, 0.1) is 6.92 Å². The van der Waals surface area contributed by atoms with Crippen molar-refractivity contribution in [2.75, 3.05) is 18.5 Å². The molecule has 3 amide bonds. The molecule has 0 aliphatic carbocycles. The Labute approximate surface area is 219 Å². The van der Waals surface area contributed by atoms with E-state index < -0.39 is 29.1 Å². The molecule has 2 aromatic rings. The van der Waals surface area contributed by atoms with Crippen LogP contribution in [0.2, 0.25) is 0 Å². The summed E-state index contributed by atoms with van der Waals surface area (Å²) in [7, 11) is 1.73. The minimum atomic E-state index is -4.60. The number of hydrogen-bond acceptors (Lipinski definition) is 7. The zero-order chi connectivity index (χ0) is 28.5. The van der Waals surface area contributed by atoms with Crippen LogP contribution in [-0.4, -0.2) is 62.5 Å². The SMILES string of the molecule is Cc1ccc(N(C=O)C(=O)C(C)(C)N(C)CCCCc2cn(CCCCC(=O)NO)nn2)cc1C(F)(F)F. The average molecular weight is 541 g/mol. The van der Waals surface area contributed by atoms with E-state index in [4.69, 9.17) is 5.21 Å². The van der Waals surface area contributed by atoms with Crippen molar-refractivity contribution in [2.45, 2.75) is 77.6 Å². The van der Waals surface area contributed by atoms with Crippen LogP contribution in [0.3, 0.4) is 0 Å². The summed E-state index contributed by atoms with van der Waals surface area (Å²) in [6.07, 6.45) is 1.16. The third-order valence-electron chi connectivity index (χ3n) is 6.53. The van der Waals surface area contributed by atoms with Gasteiger partial charge in [0.1, 0.15) is 0 Å². The first-order valence-corrected chi connectivity index (χ1v) is 12.3. The van der Waals surface area contributed by atoms with E-state index in [0.717, 1.165) is 23.1 Å². The van der Waals surface area contributed by atoms with Crippen molar-refractivity contribution in [1.29, 1.82) is 0 Å². The second kappa shape index (κ2) is 13.5. The van der Waals surface area contributed by atoms with Crippen molar-refractivity contribution in [3.05, 3.63) is 41.2 Å². The van der Waals surface area contributed by atoms with Gasteiger partial charge in [0, 0.05) is 19.2 Å². The first-order valence-electron chi connectivity index (χ1n) is 12.3. The lowest BCUT2D eigenvalue weighted by Gasteiger charge is -2.36. The van der Waals surface area contributed by atoms with Gasteiger partial charge in [-0.3, -0.25) is 34.1 Å². The van der Waals surface area contributed by atoms with E-state index in [1.54, 1.807) is 36.0 Å². The predicted molar refractivity (Wildman–Crippen MR) is 133 cm³/mol. The Morgan fingerprint density at radius 2 is 1.87 bits per heavy atom. The number of aryl methyl sites for hydroxylation is 3. The first kappa shape index (κ1) is 30.9. The van der Waals surface area contributed by atoms with E-state index in [2.05, 4.69) is 10.3 Å². The number of benzene rings is 1. The number of nitrogens with zero attached hydrogens (tertiary/aromatic N) is 5. The Morgan fingerprint density at radius 1 is 1.16 bits per heavy atom. The van der Waals surface area contributed by atoms with Gasteiger partial charge in [-0.15, -0.1) is 5.10 Å². The molecule has 13 heteroatoms. The summed E-state index contributed by atoms with van der Waals surface area (Å²) in [5.74, 6) is -1.06. The molecule has 0 saturated heterocycles. The lowest BCUT2D eigenvalue weighted by Crippen LogP contribution is -2.55. The zero-order valence-corrected chi connectivity index (χ0v) is 22.1. The van der Waals surface area contributed by atoms with Crippen LogP contribution in [0.15, 0.2) is 24.4 Å². The molecule has 1 heterocycles. The number of likely N-dealkylation sites (N-methyl/N-ethyl adjacent to an activating group) is 1. The van der Waals surface area contributed by atoms with Gasteiger partial charge >= 0.3 is 6.18 Å². The summed E-state index contributed by atoms with van der Waals surface area (Å²) in [4.78, 5) is 38.5. The number of anilines is 1. The van der Waals surface area contributed by atoms with Gasteiger partial charge in [-0.2, -0.15) is 13.2 Å². The maximum Gasteiger partial charge on any atom is 0.416 e. The molecule has 210 valence electrons. The standard InChI is InChI=1S/C25H35F3N6O4/c1-18-11-12-20(15-21(18)25(26,27)28)34(17-35)23(37)24(2,3)32(4)13-7-5-9-19-16-33(31-29-19)14-8-6-10-22(36)30-38/h11-12,15-17,38H,5-10,13-14H2,1-4H3,(H,30,36). The molecule has 1 aromatic heterocycles. The number of unbranched alkanes of at least 4 members (excludes halogenated alkanes) is 2. The fourth-order valence-corrected chi connectivity index (χ4v) is 3.86. The van der Waals surface area contributed by atoms with Crippen molar-refractivity contribution < 1.29 is 32.8 Å². The molecule has 2 rings (SSSR count). The monoisotopic (exact) mass is 540 g/mol. The summed E-state index contributed by atoms with van der Waals surface area (Å²) in [6, 6.07) is 3.38. The second-order valence-electron chi connectivity index (χ2n) is 9.68. The fourth-order valence-electron chi connectivity index (χ4n) is 3.86. The molecule has 0 aliphatic rings. The van der Waals surface area contributed by atoms with E-state index in [-0.39, 0.29) is 24.1 Å². The molecule has 0 aliphatic heterocycles. The van der Waals surface area contributed by atoms with Gasteiger partial charge in [0.15, 0.2) is 0 Å². The van der Waals surface area contributed by atoms with Crippen LogP contribution in [-0.2, 0) is 33.5 Å². The van der Waals surface area contributed by atoms with Gasteiger partial charge in [0.2, 0.25) is 12.3 Å². The maximum atomic E-state index is 13.3. The molecule has 0 fully saturated rings. The Kier molecular flexibility index (Phi) is 11.0. The molecule has 0 bridgehead atoms. The molecule has 0 radical (unpaired) electrons. The largest absolute Gasteiger partial charge is 0.416 e. The Hall–Kier alpha value is -3.32. The molecular weight excluding hydrogens is 505 g/mol. The van der Waals surface area contributed by atoms with Crippen molar-refractivity contribution in [3.63, 3.8) is 0 Å². The van der Waals surface area contributed by atoms with Crippen molar-refractivity contribution in [3.8, 4) is 0 Å². The third kappa shape index (κ3) is 8.35. The smallest absolute Gasteiger partial charge is 0.293 e. The number of hydrogen-bond donors (Lipinski definition) is 2. The molecule has 0 saturated carbocycles. The van der Waals surface area contributed by atoms with Crippen LogP contribution in [0.1, 0.15) is 62.8 Å².